The molecule has 1 aliphatic heterocycles. The van der Waals surface area contributed by atoms with E-state index in [1.807, 2.05) is 28.8 Å². The number of hydrogen-bond donors (Lipinski definition) is 2. The van der Waals surface area contributed by atoms with Crippen molar-refractivity contribution in [2.75, 3.05) is 37.7 Å². The third-order valence-electron chi connectivity index (χ3n) is 9.33. The van der Waals surface area contributed by atoms with Crippen LogP contribution in [0.3, 0.4) is 0 Å². The van der Waals surface area contributed by atoms with Crippen LogP contribution in [0.4, 0.5) is 5.95 Å². The van der Waals surface area contributed by atoms with Gasteiger partial charge in [0.1, 0.15) is 5.75 Å². The molecule has 0 saturated heterocycles. The van der Waals surface area contributed by atoms with Crippen LogP contribution in [0, 0.1) is 0 Å². The number of rotatable bonds is 17. The number of unbranched alkanes of at least 4 members (excludes halogenated alkanes) is 2. The first kappa shape index (κ1) is 33.8. The number of aromatic nitrogens is 4. The Morgan fingerprint density at radius 3 is 2.37 bits per heavy atom. The lowest BCUT2D eigenvalue weighted by atomic mass is 9.95. The maximum atomic E-state index is 13.6. The number of hydrogen-bond acceptors (Lipinski definition) is 7. The van der Waals surface area contributed by atoms with E-state index in [9.17, 15) is 14.4 Å². The largest absolute Gasteiger partial charge is 0.484 e. The minimum Gasteiger partial charge on any atom is -0.484 e. The third kappa shape index (κ3) is 8.40. The van der Waals surface area contributed by atoms with Gasteiger partial charge in [0, 0.05) is 45.3 Å². The van der Waals surface area contributed by atoms with Gasteiger partial charge in [-0.2, -0.15) is 4.98 Å². The molecule has 0 bridgehead atoms. The van der Waals surface area contributed by atoms with Crippen molar-refractivity contribution in [3.05, 3.63) is 50.7 Å². The van der Waals surface area contributed by atoms with Gasteiger partial charge in [0.05, 0.1) is 0 Å². The summed E-state index contributed by atoms with van der Waals surface area (Å²) in [6, 6.07) is 8.53. The van der Waals surface area contributed by atoms with Crippen LogP contribution in [-0.4, -0.2) is 63.4 Å². The molecule has 0 radical (unpaired) electrons. The monoisotopic (exact) mass is 635 g/mol. The van der Waals surface area contributed by atoms with Crippen LogP contribution < -0.4 is 31.5 Å². The Labute approximate surface area is 272 Å². The standard InChI is InChI=1S/C35H53N7O4/c1-3-5-22-41-32-31(33(44)42(35(41)45)23-6-4-2)40-24-11-21-39(34(40)38-32)25-18-27-14-16-29(17-15-27)46-26-30(43)37-20-10-19-36-28-12-8-7-9-13-28/h14-17,28,36H,3-13,18-26H2,1-2H3,(H,37,43). The van der Waals surface area contributed by atoms with Crippen LogP contribution in [0.25, 0.3) is 11.2 Å². The molecule has 46 heavy (non-hydrogen) atoms. The number of aryl methyl sites for hydroxylation is 2. The lowest BCUT2D eigenvalue weighted by molar-refractivity contribution is -0.123. The second kappa shape index (κ2) is 16.8. The van der Waals surface area contributed by atoms with Gasteiger partial charge in [-0.25, -0.2) is 4.79 Å². The van der Waals surface area contributed by atoms with Gasteiger partial charge in [0.15, 0.2) is 17.8 Å². The number of carbonyl (C=O) groups excluding carboxylic acids is 1. The highest BCUT2D eigenvalue weighted by molar-refractivity contribution is 5.77. The summed E-state index contributed by atoms with van der Waals surface area (Å²) in [4.78, 5) is 46.4. The number of carbonyl (C=O) groups is 1. The van der Waals surface area contributed by atoms with E-state index in [0.717, 1.165) is 76.1 Å². The molecular weight excluding hydrogens is 582 g/mol. The van der Waals surface area contributed by atoms with Crippen molar-refractivity contribution in [2.24, 2.45) is 0 Å². The molecule has 2 aromatic heterocycles. The van der Waals surface area contributed by atoms with Crippen molar-refractivity contribution >= 4 is 23.0 Å². The van der Waals surface area contributed by atoms with Crippen LogP contribution >= 0.6 is 0 Å². The number of anilines is 1. The summed E-state index contributed by atoms with van der Waals surface area (Å²) in [6.07, 6.45) is 12.7. The maximum Gasteiger partial charge on any atom is 0.332 e. The average Bonchev–Trinajstić information content (AvgIpc) is 3.47. The second-order valence-corrected chi connectivity index (χ2v) is 12.8. The summed E-state index contributed by atoms with van der Waals surface area (Å²) < 4.78 is 10.9. The van der Waals surface area contributed by atoms with Gasteiger partial charge in [0.2, 0.25) is 5.95 Å². The molecule has 3 heterocycles. The van der Waals surface area contributed by atoms with Crippen molar-refractivity contribution < 1.29 is 9.53 Å². The molecule has 1 aromatic carbocycles. The van der Waals surface area contributed by atoms with Gasteiger partial charge in [-0.1, -0.05) is 58.1 Å². The summed E-state index contributed by atoms with van der Waals surface area (Å²) in [5.74, 6) is 1.33. The van der Waals surface area contributed by atoms with Crippen molar-refractivity contribution in [3.63, 3.8) is 0 Å². The fourth-order valence-electron chi connectivity index (χ4n) is 6.64. The molecule has 0 atom stereocenters. The predicted molar refractivity (Wildman–Crippen MR) is 183 cm³/mol. The molecule has 2 N–H and O–H groups in total. The van der Waals surface area contributed by atoms with Crippen molar-refractivity contribution in [3.8, 4) is 5.75 Å². The number of nitrogens with zero attached hydrogens (tertiary/aromatic N) is 5. The van der Waals surface area contributed by atoms with Gasteiger partial charge in [-0.15, -0.1) is 0 Å². The molecule has 5 rings (SSSR count). The SMILES string of the molecule is CCCCn1c(=O)c2c(nc3n2CCCN3CCc2ccc(OCC(=O)NCCCNC3CCCCC3)cc2)n(CCCC)c1=O. The number of amides is 1. The number of ether oxygens (including phenoxy) is 1. The molecule has 2 aliphatic rings. The van der Waals surface area contributed by atoms with Gasteiger partial charge in [-0.3, -0.25) is 18.7 Å². The van der Waals surface area contributed by atoms with Crippen LogP contribution in [0.15, 0.2) is 33.9 Å². The Morgan fingerprint density at radius 2 is 1.63 bits per heavy atom. The molecule has 1 aliphatic carbocycles. The average molecular weight is 636 g/mol. The first-order valence-electron chi connectivity index (χ1n) is 17.7. The Morgan fingerprint density at radius 1 is 0.891 bits per heavy atom. The smallest absolute Gasteiger partial charge is 0.332 e. The molecule has 0 spiro atoms. The fraction of sp³-hybridized carbons (Fsp3) is 0.657. The highest BCUT2D eigenvalue weighted by Crippen LogP contribution is 2.25. The van der Waals surface area contributed by atoms with Gasteiger partial charge in [0.25, 0.3) is 11.5 Å². The molecular formula is C35H53N7O4. The lowest BCUT2D eigenvalue weighted by Crippen LogP contribution is -2.41. The minimum atomic E-state index is -0.247. The lowest BCUT2D eigenvalue weighted by Gasteiger charge is -2.29. The molecule has 1 fully saturated rings. The molecule has 0 unspecified atom stereocenters. The number of fused-ring (bicyclic) bond motifs is 3. The topological polar surface area (TPSA) is 115 Å². The quantitative estimate of drug-likeness (QED) is 0.214. The van der Waals surface area contributed by atoms with E-state index in [2.05, 4.69) is 29.4 Å². The molecule has 3 aromatic rings. The maximum absolute atomic E-state index is 13.6. The van der Waals surface area contributed by atoms with E-state index < -0.39 is 0 Å². The van der Waals surface area contributed by atoms with Crippen molar-refractivity contribution in [1.82, 2.24) is 29.3 Å². The Balaban J connectivity index is 1.15. The molecule has 11 nitrogen and oxygen atoms in total. The van der Waals surface area contributed by atoms with E-state index in [-0.39, 0.29) is 23.8 Å². The van der Waals surface area contributed by atoms with E-state index in [1.165, 1.54) is 36.7 Å². The summed E-state index contributed by atoms with van der Waals surface area (Å²) in [7, 11) is 0. The predicted octanol–water partition coefficient (Wildman–Crippen LogP) is 4.22. The van der Waals surface area contributed by atoms with E-state index >= 15 is 0 Å². The van der Waals surface area contributed by atoms with Crippen molar-refractivity contribution in [2.45, 2.75) is 117 Å². The molecule has 1 saturated carbocycles. The first-order valence-corrected chi connectivity index (χ1v) is 17.7. The molecule has 11 heteroatoms. The third-order valence-corrected chi connectivity index (χ3v) is 9.33. The van der Waals surface area contributed by atoms with E-state index in [4.69, 9.17) is 9.72 Å². The van der Waals surface area contributed by atoms with E-state index in [1.54, 1.807) is 4.57 Å². The summed E-state index contributed by atoms with van der Waals surface area (Å²) >= 11 is 0. The van der Waals surface area contributed by atoms with Crippen LogP contribution in [-0.2, 0) is 30.8 Å². The van der Waals surface area contributed by atoms with Crippen molar-refractivity contribution in [1.29, 1.82) is 0 Å². The Kier molecular flexibility index (Phi) is 12.3. The van der Waals surface area contributed by atoms with Gasteiger partial charge in [-0.05, 0) is 69.2 Å². The minimum absolute atomic E-state index is 0.00285. The highest BCUT2D eigenvalue weighted by Gasteiger charge is 2.26. The van der Waals surface area contributed by atoms with Gasteiger partial charge < -0.3 is 24.8 Å². The number of nitrogens with one attached hydrogen (secondary N) is 2. The summed E-state index contributed by atoms with van der Waals surface area (Å²) in [5.41, 5.74) is 1.74. The zero-order chi connectivity index (χ0) is 32.3. The number of imidazole rings is 1. The van der Waals surface area contributed by atoms with E-state index in [0.29, 0.717) is 49.1 Å². The fourth-order valence-corrected chi connectivity index (χ4v) is 6.64. The number of benzene rings is 1. The van der Waals surface area contributed by atoms with Crippen LogP contribution in [0.2, 0.25) is 0 Å². The van der Waals surface area contributed by atoms with Crippen LogP contribution in [0.5, 0.6) is 5.75 Å². The van der Waals surface area contributed by atoms with Gasteiger partial charge >= 0.3 is 5.69 Å². The first-order chi connectivity index (χ1) is 22.5. The normalized spacial score (nSPS) is 15.3. The summed E-state index contributed by atoms with van der Waals surface area (Å²) in [6.45, 7) is 9.05. The Bertz CT molecular complexity index is 1540. The second-order valence-electron chi connectivity index (χ2n) is 12.8. The molecule has 1 amide bonds. The zero-order valence-electron chi connectivity index (χ0n) is 27.9. The Hall–Kier alpha value is -3.60. The summed E-state index contributed by atoms with van der Waals surface area (Å²) in [5, 5.41) is 6.56. The van der Waals surface area contributed by atoms with Crippen LogP contribution in [0.1, 0.15) is 90.0 Å². The molecule has 252 valence electrons. The zero-order valence-corrected chi connectivity index (χ0v) is 27.9. The highest BCUT2D eigenvalue weighted by atomic mass is 16.5.